The zero-order valence-corrected chi connectivity index (χ0v) is 15.1. The van der Waals surface area contributed by atoms with Gasteiger partial charge in [0.05, 0.1) is 16.1 Å². The van der Waals surface area contributed by atoms with Gasteiger partial charge in [0.25, 0.3) is 5.91 Å². The van der Waals surface area contributed by atoms with E-state index in [9.17, 15) is 4.79 Å². The summed E-state index contributed by atoms with van der Waals surface area (Å²) < 4.78 is 6.64. The van der Waals surface area contributed by atoms with E-state index in [4.69, 9.17) is 10.00 Å². The molecular weight excluding hydrogens is 380 g/mol. The molecule has 3 aromatic rings. The average Bonchev–Trinajstić information content (AvgIpc) is 2.64. The molecule has 4 nitrogen and oxygen atoms in total. The Kier molecular flexibility index (Phi) is 5.01. The molecule has 0 saturated heterocycles. The van der Waals surface area contributed by atoms with Crippen molar-refractivity contribution in [3.05, 3.63) is 70.7 Å². The van der Waals surface area contributed by atoms with Gasteiger partial charge in [-0.3, -0.25) is 4.79 Å². The highest BCUT2D eigenvalue weighted by molar-refractivity contribution is 9.10. The molecular formula is C20H15BrN2O2. The van der Waals surface area contributed by atoms with Crippen LogP contribution in [0.15, 0.2) is 65.1 Å². The maximum absolute atomic E-state index is 12.4. The van der Waals surface area contributed by atoms with Gasteiger partial charge in [0.2, 0.25) is 0 Å². The highest BCUT2D eigenvalue weighted by Crippen LogP contribution is 2.33. The zero-order chi connectivity index (χ0) is 17.8. The first-order valence-corrected chi connectivity index (χ1v) is 8.52. The van der Waals surface area contributed by atoms with Crippen molar-refractivity contribution in [2.24, 2.45) is 0 Å². The summed E-state index contributed by atoms with van der Waals surface area (Å²) in [5.41, 5.74) is 1.06. The van der Waals surface area contributed by atoms with Crippen LogP contribution < -0.4 is 10.1 Å². The maximum Gasteiger partial charge on any atom is 0.265 e. The lowest BCUT2D eigenvalue weighted by Gasteiger charge is -2.16. The molecule has 0 spiro atoms. The van der Waals surface area contributed by atoms with E-state index in [0.717, 1.165) is 15.2 Å². The van der Waals surface area contributed by atoms with Gasteiger partial charge in [0, 0.05) is 5.69 Å². The molecule has 25 heavy (non-hydrogen) atoms. The van der Waals surface area contributed by atoms with Crippen molar-refractivity contribution in [3.63, 3.8) is 0 Å². The Hall–Kier alpha value is -2.84. The molecule has 124 valence electrons. The van der Waals surface area contributed by atoms with E-state index in [2.05, 4.69) is 21.2 Å². The molecule has 1 N–H and O–H groups in total. The van der Waals surface area contributed by atoms with Crippen molar-refractivity contribution in [1.82, 2.24) is 0 Å². The SMILES string of the molecule is C[C@H](Oc1ccc2ccccc2c1Br)C(=O)Nc1cccc(C#N)c1. The van der Waals surface area contributed by atoms with Gasteiger partial charge in [-0.25, -0.2) is 0 Å². The third kappa shape index (κ3) is 3.81. The molecule has 0 bridgehead atoms. The van der Waals surface area contributed by atoms with Crippen LogP contribution in [0.25, 0.3) is 10.8 Å². The molecule has 0 aromatic heterocycles. The molecule has 3 rings (SSSR count). The topological polar surface area (TPSA) is 62.1 Å². The second-order valence-electron chi connectivity index (χ2n) is 5.54. The van der Waals surface area contributed by atoms with Gasteiger partial charge in [0.15, 0.2) is 6.10 Å². The number of nitrogens with one attached hydrogen (secondary N) is 1. The molecule has 0 heterocycles. The average molecular weight is 395 g/mol. The lowest BCUT2D eigenvalue weighted by Crippen LogP contribution is -2.30. The quantitative estimate of drug-likeness (QED) is 0.685. The second-order valence-corrected chi connectivity index (χ2v) is 6.33. The summed E-state index contributed by atoms with van der Waals surface area (Å²) in [5, 5.41) is 13.8. The van der Waals surface area contributed by atoms with E-state index in [0.29, 0.717) is 17.0 Å². The summed E-state index contributed by atoms with van der Waals surface area (Å²) in [4.78, 5) is 12.4. The number of nitriles is 1. The Morgan fingerprint density at radius 3 is 2.76 bits per heavy atom. The van der Waals surface area contributed by atoms with Crippen molar-refractivity contribution in [2.75, 3.05) is 5.32 Å². The maximum atomic E-state index is 12.4. The molecule has 0 unspecified atom stereocenters. The Bertz CT molecular complexity index is 979. The Morgan fingerprint density at radius 1 is 1.16 bits per heavy atom. The van der Waals surface area contributed by atoms with Gasteiger partial charge in [-0.1, -0.05) is 36.4 Å². The Labute approximate surface area is 154 Å². The number of hydrogen-bond donors (Lipinski definition) is 1. The fourth-order valence-corrected chi connectivity index (χ4v) is 3.05. The summed E-state index contributed by atoms with van der Waals surface area (Å²) in [5.74, 6) is 0.322. The predicted octanol–water partition coefficient (Wildman–Crippen LogP) is 4.88. The van der Waals surface area contributed by atoms with Crippen LogP contribution in [0.3, 0.4) is 0 Å². The van der Waals surface area contributed by atoms with E-state index < -0.39 is 6.10 Å². The predicted molar refractivity (Wildman–Crippen MR) is 102 cm³/mol. The molecule has 0 aliphatic rings. The van der Waals surface area contributed by atoms with Gasteiger partial charge in [-0.05, 0) is 57.9 Å². The van der Waals surface area contributed by atoms with Gasteiger partial charge in [-0.2, -0.15) is 5.26 Å². The first-order valence-electron chi connectivity index (χ1n) is 7.73. The van der Waals surface area contributed by atoms with Crippen LogP contribution >= 0.6 is 15.9 Å². The lowest BCUT2D eigenvalue weighted by molar-refractivity contribution is -0.122. The van der Waals surface area contributed by atoms with Gasteiger partial charge in [-0.15, -0.1) is 0 Å². The van der Waals surface area contributed by atoms with Crippen LogP contribution in [0.1, 0.15) is 12.5 Å². The summed E-state index contributed by atoms with van der Waals surface area (Å²) in [6.07, 6.45) is -0.691. The standard InChI is InChI=1S/C20H15BrN2O2/c1-13(20(24)23-16-7-4-5-14(11-16)12-22)25-18-10-9-15-6-2-3-8-17(15)19(18)21/h2-11,13H,1H3,(H,23,24)/t13-/m0/s1. The number of benzene rings is 3. The normalized spacial score (nSPS) is 11.6. The summed E-state index contributed by atoms with van der Waals surface area (Å²) in [6, 6.07) is 20.5. The fourth-order valence-electron chi connectivity index (χ4n) is 2.46. The number of rotatable bonds is 4. The molecule has 1 amide bonds. The van der Waals surface area contributed by atoms with Gasteiger partial charge in [0.1, 0.15) is 5.75 Å². The summed E-state index contributed by atoms with van der Waals surface area (Å²) in [7, 11) is 0. The minimum absolute atomic E-state index is 0.282. The number of carbonyl (C=O) groups is 1. The van der Waals surface area contributed by atoms with E-state index in [1.165, 1.54) is 0 Å². The smallest absolute Gasteiger partial charge is 0.265 e. The third-order valence-corrected chi connectivity index (χ3v) is 4.58. The monoisotopic (exact) mass is 394 g/mol. The number of hydrogen-bond acceptors (Lipinski definition) is 3. The fraction of sp³-hybridized carbons (Fsp3) is 0.100. The van der Waals surface area contributed by atoms with Gasteiger partial charge >= 0.3 is 0 Å². The molecule has 1 atom stereocenters. The number of halogens is 1. The number of ether oxygens (including phenoxy) is 1. The lowest BCUT2D eigenvalue weighted by atomic mass is 10.1. The van der Waals surface area contributed by atoms with E-state index in [1.54, 1.807) is 31.2 Å². The number of fused-ring (bicyclic) bond motifs is 1. The highest BCUT2D eigenvalue weighted by Gasteiger charge is 2.17. The van der Waals surface area contributed by atoms with Crippen LogP contribution in [-0.4, -0.2) is 12.0 Å². The molecule has 3 aromatic carbocycles. The molecule has 0 radical (unpaired) electrons. The number of nitrogens with zero attached hydrogens (tertiary/aromatic N) is 1. The summed E-state index contributed by atoms with van der Waals surface area (Å²) in [6.45, 7) is 1.69. The number of carbonyl (C=O) groups excluding carboxylic acids is 1. The van der Waals surface area contributed by atoms with Crippen molar-refractivity contribution >= 4 is 38.3 Å². The number of anilines is 1. The zero-order valence-electron chi connectivity index (χ0n) is 13.5. The van der Waals surface area contributed by atoms with Crippen LogP contribution in [0.5, 0.6) is 5.75 Å². The van der Waals surface area contributed by atoms with Crippen LogP contribution in [0, 0.1) is 11.3 Å². The molecule has 0 saturated carbocycles. The van der Waals surface area contributed by atoms with E-state index >= 15 is 0 Å². The minimum Gasteiger partial charge on any atom is -0.480 e. The third-order valence-electron chi connectivity index (χ3n) is 3.76. The van der Waals surface area contributed by atoms with Crippen molar-refractivity contribution in [3.8, 4) is 11.8 Å². The summed E-state index contributed by atoms with van der Waals surface area (Å²) >= 11 is 3.55. The second kappa shape index (κ2) is 7.37. The Morgan fingerprint density at radius 2 is 1.96 bits per heavy atom. The number of amides is 1. The highest BCUT2D eigenvalue weighted by atomic mass is 79.9. The Balaban J connectivity index is 1.75. The van der Waals surface area contributed by atoms with Crippen LogP contribution in [0.2, 0.25) is 0 Å². The van der Waals surface area contributed by atoms with Crippen LogP contribution in [0.4, 0.5) is 5.69 Å². The molecule has 5 heteroatoms. The van der Waals surface area contributed by atoms with E-state index in [-0.39, 0.29) is 5.91 Å². The molecule has 0 aliphatic carbocycles. The molecule has 0 aliphatic heterocycles. The first kappa shape index (κ1) is 17.0. The minimum atomic E-state index is -0.691. The van der Waals surface area contributed by atoms with Crippen molar-refractivity contribution in [2.45, 2.75) is 13.0 Å². The first-order chi connectivity index (χ1) is 12.1. The molecule has 0 fully saturated rings. The van der Waals surface area contributed by atoms with Crippen molar-refractivity contribution < 1.29 is 9.53 Å². The van der Waals surface area contributed by atoms with Gasteiger partial charge < -0.3 is 10.1 Å². The van der Waals surface area contributed by atoms with Crippen molar-refractivity contribution in [1.29, 1.82) is 5.26 Å². The van der Waals surface area contributed by atoms with Crippen LogP contribution in [-0.2, 0) is 4.79 Å². The largest absolute Gasteiger partial charge is 0.480 e. The van der Waals surface area contributed by atoms with E-state index in [1.807, 2.05) is 42.5 Å².